The molecule has 0 spiro atoms. The van der Waals surface area contributed by atoms with Crippen LogP contribution in [-0.4, -0.2) is 24.8 Å². The van der Waals surface area contributed by atoms with Crippen molar-refractivity contribution in [2.75, 3.05) is 6.61 Å². The first-order valence-corrected chi connectivity index (χ1v) is 14.2. The van der Waals surface area contributed by atoms with E-state index in [9.17, 15) is 14.4 Å². The monoisotopic (exact) mass is 552 g/mol. The smallest absolute Gasteiger partial charge is 0.343 e. The highest BCUT2D eigenvalue weighted by atomic mass is 16.5. The zero-order valence-electron chi connectivity index (χ0n) is 23.5. The Morgan fingerprint density at radius 1 is 0.634 bits per heavy atom. The molecule has 212 valence electrons. The van der Waals surface area contributed by atoms with Gasteiger partial charge < -0.3 is 14.2 Å². The Balaban J connectivity index is 1.72. The van der Waals surface area contributed by atoms with Gasteiger partial charge in [-0.2, -0.15) is 0 Å². The van der Waals surface area contributed by atoms with Gasteiger partial charge in [0.2, 0.25) is 0 Å². The van der Waals surface area contributed by atoms with Crippen LogP contribution in [-0.2, 0) is 22.7 Å². The number of fused-ring (bicyclic) bond motifs is 1. The number of esters is 2. The topological polar surface area (TPSA) is 78.9 Å². The lowest BCUT2D eigenvalue weighted by molar-refractivity contribution is 0.0423. The van der Waals surface area contributed by atoms with E-state index in [4.69, 9.17) is 14.2 Å². The molecule has 0 amide bonds. The van der Waals surface area contributed by atoms with Crippen molar-refractivity contribution in [2.24, 2.45) is 0 Å². The number of hydrogen-bond donors (Lipinski definition) is 0. The van der Waals surface area contributed by atoms with E-state index in [1.807, 2.05) is 60.7 Å². The zero-order valence-corrected chi connectivity index (χ0v) is 23.5. The Hall–Kier alpha value is -4.45. The van der Waals surface area contributed by atoms with E-state index in [0.29, 0.717) is 23.7 Å². The molecule has 6 heteroatoms. The molecule has 41 heavy (non-hydrogen) atoms. The minimum atomic E-state index is -0.757. The summed E-state index contributed by atoms with van der Waals surface area (Å²) < 4.78 is 17.5. The van der Waals surface area contributed by atoms with Crippen molar-refractivity contribution in [2.45, 2.75) is 58.7 Å². The first-order chi connectivity index (χ1) is 20.1. The molecule has 0 unspecified atom stereocenters. The van der Waals surface area contributed by atoms with Gasteiger partial charge in [-0.3, -0.25) is 4.79 Å². The molecule has 0 aliphatic rings. The van der Waals surface area contributed by atoms with Gasteiger partial charge in [-0.15, -0.1) is 0 Å². The molecular weight excluding hydrogens is 516 g/mol. The lowest BCUT2D eigenvalue weighted by Crippen LogP contribution is -2.18. The Morgan fingerprint density at radius 2 is 1.15 bits per heavy atom. The summed E-state index contributed by atoms with van der Waals surface area (Å²) in [7, 11) is 0. The maximum absolute atomic E-state index is 13.7. The van der Waals surface area contributed by atoms with Crippen LogP contribution >= 0.6 is 0 Å². The number of aldehydes is 1. The fourth-order valence-corrected chi connectivity index (χ4v) is 4.76. The van der Waals surface area contributed by atoms with Gasteiger partial charge in [0.25, 0.3) is 0 Å². The van der Waals surface area contributed by atoms with E-state index < -0.39 is 11.9 Å². The zero-order chi connectivity index (χ0) is 28.9. The van der Waals surface area contributed by atoms with Crippen LogP contribution in [0, 0.1) is 0 Å². The third-order valence-electron chi connectivity index (χ3n) is 6.90. The number of ether oxygens (including phenoxy) is 3. The van der Waals surface area contributed by atoms with Gasteiger partial charge >= 0.3 is 11.9 Å². The normalized spacial score (nSPS) is 10.8. The van der Waals surface area contributed by atoms with Crippen LogP contribution in [0.1, 0.15) is 87.6 Å². The summed E-state index contributed by atoms with van der Waals surface area (Å²) in [6, 6.07) is 25.5. The molecule has 0 N–H and O–H groups in total. The number of benzene rings is 4. The maximum Gasteiger partial charge on any atom is 0.343 e. The van der Waals surface area contributed by atoms with Gasteiger partial charge in [-0.05, 0) is 28.3 Å². The molecule has 0 aliphatic carbocycles. The van der Waals surface area contributed by atoms with E-state index in [-0.39, 0.29) is 35.7 Å². The lowest BCUT2D eigenvalue weighted by atomic mass is 9.93. The third kappa shape index (κ3) is 7.82. The molecule has 4 rings (SSSR count). The average Bonchev–Trinajstić information content (AvgIpc) is 3.02. The molecule has 4 aromatic rings. The molecule has 0 heterocycles. The molecule has 0 bridgehead atoms. The molecule has 0 saturated carbocycles. The molecule has 0 aromatic heterocycles. The number of carbonyl (C=O) groups excluding carboxylic acids is 3. The van der Waals surface area contributed by atoms with Crippen LogP contribution in [0.4, 0.5) is 0 Å². The highest BCUT2D eigenvalue weighted by Crippen LogP contribution is 2.37. The summed E-state index contributed by atoms with van der Waals surface area (Å²) in [5.74, 6) is -1.40. The van der Waals surface area contributed by atoms with Gasteiger partial charge in [0.1, 0.15) is 24.5 Å². The van der Waals surface area contributed by atoms with E-state index in [0.717, 1.165) is 43.2 Å². The molecule has 4 aromatic carbocycles. The van der Waals surface area contributed by atoms with E-state index >= 15 is 0 Å². The minimum absolute atomic E-state index is 0.00169. The molecule has 0 radical (unpaired) electrons. The molecule has 0 aliphatic heterocycles. The van der Waals surface area contributed by atoms with Crippen molar-refractivity contribution < 1.29 is 28.6 Å². The number of rotatable bonds is 15. The minimum Gasteiger partial charge on any atom is -0.492 e. The van der Waals surface area contributed by atoms with Crippen LogP contribution in [0.3, 0.4) is 0 Å². The SMILES string of the molecule is CCCCCCCCOc1c(C(=O)OCc2ccccc2)c(C(=O)OCc2ccccc2)c2ccccc2c1C=O. The lowest BCUT2D eigenvalue weighted by Gasteiger charge is -2.19. The van der Waals surface area contributed by atoms with Gasteiger partial charge in [0.05, 0.1) is 17.7 Å². The van der Waals surface area contributed by atoms with E-state index in [1.54, 1.807) is 24.3 Å². The fraction of sp³-hybridized carbons (Fsp3) is 0.286. The summed E-state index contributed by atoms with van der Waals surface area (Å²) in [6.45, 7) is 2.49. The van der Waals surface area contributed by atoms with E-state index in [1.165, 1.54) is 6.42 Å². The van der Waals surface area contributed by atoms with Crippen LogP contribution in [0.5, 0.6) is 5.75 Å². The number of unbranched alkanes of at least 4 members (excludes halogenated alkanes) is 5. The first kappa shape index (κ1) is 29.5. The number of carbonyl (C=O) groups is 3. The maximum atomic E-state index is 13.7. The second-order valence-corrected chi connectivity index (χ2v) is 9.90. The summed E-state index contributed by atoms with van der Waals surface area (Å²) >= 11 is 0. The largest absolute Gasteiger partial charge is 0.492 e. The average molecular weight is 553 g/mol. The van der Waals surface area contributed by atoms with Crippen LogP contribution < -0.4 is 4.74 Å². The van der Waals surface area contributed by atoms with Crippen molar-refractivity contribution in [3.63, 3.8) is 0 Å². The van der Waals surface area contributed by atoms with Gasteiger partial charge in [-0.1, -0.05) is 124 Å². The fourth-order valence-electron chi connectivity index (χ4n) is 4.76. The Kier molecular flexibility index (Phi) is 11.1. The van der Waals surface area contributed by atoms with E-state index in [2.05, 4.69) is 6.92 Å². The van der Waals surface area contributed by atoms with Gasteiger partial charge in [0.15, 0.2) is 6.29 Å². The molecule has 0 atom stereocenters. The molecular formula is C35H36O6. The van der Waals surface area contributed by atoms with Crippen LogP contribution in [0.2, 0.25) is 0 Å². The van der Waals surface area contributed by atoms with Crippen molar-refractivity contribution in [1.82, 2.24) is 0 Å². The van der Waals surface area contributed by atoms with Crippen LogP contribution in [0.25, 0.3) is 10.8 Å². The van der Waals surface area contributed by atoms with Crippen molar-refractivity contribution in [3.8, 4) is 5.75 Å². The Bertz CT molecular complexity index is 1450. The van der Waals surface area contributed by atoms with Gasteiger partial charge in [0, 0.05) is 0 Å². The molecule has 0 saturated heterocycles. The third-order valence-corrected chi connectivity index (χ3v) is 6.90. The predicted octanol–water partition coefficient (Wildman–Crippen LogP) is 8.11. The second kappa shape index (κ2) is 15.4. The van der Waals surface area contributed by atoms with Crippen molar-refractivity contribution >= 4 is 29.0 Å². The number of hydrogen-bond acceptors (Lipinski definition) is 6. The quantitative estimate of drug-likeness (QED) is 0.0842. The molecule has 0 fully saturated rings. The second-order valence-electron chi connectivity index (χ2n) is 9.90. The standard InChI is InChI=1S/C35H36O6/c1-2-3-4-5-6-15-22-39-33-30(23-36)28-20-13-14-21-29(28)31(34(37)40-24-26-16-9-7-10-17-26)32(33)35(38)41-25-27-18-11-8-12-19-27/h7-14,16-21,23H,2-6,15,22,24-25H2,1H3. The summed E-state index contributed by atoms with van der Waals surface area (Å²) in [6.07, 6.45) is 6.97. The summed E-state index contributed by atoms with van der Waals surface area (Å²) in [4.78, 5) is 39.9. The van der Waals surface area contributed by atoms with Crippen molar-refractivity contribution in [3.05, 3.63) is 113 Å². The Labute approximate surface area is 241 Å². The predicted molar refractivity (Wildman–Crippen MR) is 159 cm³/mol. The summed E-state index contributed by atoms with van der Waals surface area (Å²) in [5.41, 5.74) is 1.74. The highest BCUT2D eigenvalue weighted by Gasteiger charge is 2.31. The molecule has 6 nitrogen and oxygen atoms in total. The van der Waals surface area contributed by atoms with Crippen molar-refractivity contribution in [1.29, 1.82) is 0 Å². The Morgan fingerprint density at radius 3 is 1.73 bits per heavy atom. The highest BCUT2D eigenvalue weighted by molar-refractivity contribution is 6.18. The first-order valence-electron chi connectivity index (χ1n) is 14.2. The van der Waals surface area contributed by atoms with Gasteiger partial charge in [-0.25, -0.2) is 9.59 Å². The van der Waals surface area contributed by atoms with Crippen LogP contribution in [0.15, 0.2) is 84.9 Å². The summed E-state index contributed by atoms with van der Waals surface area (Å²) in [5, 5.41) is 0.929.